The highest BCUT2D eigenvalue weighted by atomic mass is 35.5. The van der Waals surface area contributed by atoms with E-state index in [-0.39, 0.29) is 17.3 Å². The van der Waals surface area contributed by atoms with Crippen LogP contribution in [0.4, 0.5) is 18.9 Å². The van der Waals surface area contributed by atoms with E-state index in [4.69, 9.17) is 11.6 Å². The second kappa shape index (κ2) is 7.00. The molecule has 26 heavy (non-hydrogen) atoms. The van der Waals surface area contributed by atoms with Gasteiger partial charge in [-0.1, -0.05) is 17.7 Å². The largest absolute Gasteiger partial charge is 0.276 e. The van der Waals surface area contributed by atoms with E-state index in [0.29, 0.717) is 11.6 Å². The molecule has 0 unspecified atom stereocenters. The Morgan fingerprint density at radius 1 is 1.08 bits per heavy atom. The van der Waals surface area contributed by atoms with Gasteiger partial charge in [-0.05, 0) is 35.9 Å². The molecule has 1 N–H and O–H groups in total. The summed E-state index contributed by atoms with van der Waals surface area (Å²) in [6, 6.07) is 6.16. The zero-order valence-corrected chi connectivity index (χ0v) is 14.5. The van der Waals surface area contributed by atoms with Crippen molar-refractivity contribution in [3.8, 4) is 0 Å². The van der Waals surface area contributed by atoms with Crippen LogP contribution in [0, 0.1) is 17.5 Å². The zero-order chi connectivity index (χ0) is 18.9. The van der Waals surface area contributed by atoms with E-state index in [1.807, 2.05) is 0 Å². The molecule has 5 nitrogen and oxygen atoms in total. The zero-order valence-electron chi connectivity index (χ0n) is 13.0. The van der Waals surface area contributed by atoms with Gasteiger partial charge in [-0.15, -0.1) is 0 Å². The van der Waals surface area contributed by atoms with Gasteiger partial charge in [0.1, 0.15) is 5.82 Å². The molecule has 0 spiro atoms. The Labute approximate surface area is 152 Å². The van der Waals surface area contributed by atoms with Crippen molar-refractivity contribution in [3.63, 3.8) is 0 Å². The molecule has 0 saturated heterocycles. The maximum absolute atomic E-state index is 13.2. The van der Waals surface area contributed by atoms with Crippen molar-refractivity contribution in [3.05, 3.63) is 76.8 Å². The molecule has 0 bridgehead atoms. The summed E-state index contributed by atoms with van der Waals surface area (Å²) >= 11 is 5.94. The summed E-state index contributed by atoms with van der Waals surface area (Å²) in [5.41, 5.74) is 0.708. The SMILES string of the molecule is O=S(=O)(Nc1cnn(Cc2ccc(F)cc2Cl)c1)c1ccc(F)c(F)c1. The highest BCUT2D eigenvalue weighted by Crippen LogP contribution is 2.20. The fraction of sp³-hybridized carbons (Fsp3) is 0.0625. The Kier molecular flexibility index (Phi) is 4.92. The van der Waals surface area contributed by atoms with Crippen molar-refractivity contribution in [2.45, 2.75) is 11.4 Å². The Balaban J connectivity index is 1.78. The highest BCUT2D eigenvalue weighted by Gasteiger charge is 2.17. The number of hydrogen-bond donors (Lipinski definition) is 1. The van der Waals surface area contributed by atoms with Gasteiger partial charge in [0.25, 0.3) is 10.0 Å². The van der Waals surface area contributed by atoms with Gasteiger partial charge in [0.2, 0.25) is 0 Å². The summed E-state index contributed by atoms with van der Waals surface area (Å²) in [5.74, 6) is -2.89. The van der Waals surface area contributed by atoms with Gasteiger partial charge in [-0.2, -0.15) is 5.10 Å². The molecule has 0 atom stereocenters. The standard InChI is InChI=1S/C16H11ClF3N3O2S/c17-14-5-11(18)2-1-10(14)8-23-9-12(7-21-23)22-26(24,25)13-3-4-15(19)16(20)6-13/h1-7,9,22H,8H2. The Hall–Kier alpha value is -2.52. The number of rotatable bonds is 5. The van der Waals surface area contributed by atoms with E-state index in [1.165, 1.54) is 29.2 Å². The third-order valence-electron chi connectivity index (χ3n) is 3.43. The average Bonchev–Trinajstić information content (AvgIpc) is 2.99. The molecule has 3 rings (SSSR count). The van der Waals surface area contributed by atoms with Crippen molar-refractivity contribution in [2.75, 3.05) is 4.72 Å². The van der Waals surface area contributed by atoms with Crippen molar-refractivity contribution in [2.24, 2.45) is 0 Å². The van der Waals surface area contributed by atoms with Gasteiger partial charge in [-0.3, -0.25) is 9.40 Å². The maximum atomic E-state index is 13.2. The third-order valence-corrected chi connectivity index (χ3v) is 5.17. The Bertz CT molecular complexity index is 1070. The predicted molar refractivity (Wildman–Crippen MR) is 89.9 cm³/mol. The topological polar surface area (TPSA) is 64.0 Å². The summed E-state index contributed by atoms with van der Waals surface area (Å²) in [4.78, 5) is -0.425. The molecule has 1 aromatic heterocycles. The number of nitrogens with zero attached hydrogens (tertiary/aromatic N) is 2. The lowest BCUT2D eigenvalue weighted by Gasteiger charge is -2.06. The summed E-state index contributed by atoms with van der Waals surface area (Å²) in [6.07, 6.45) is 2.63. The molecule has 0 aliphatic carbocycles. The monoisotopic (exact) mass is 401 g/mol. The number of anilines is 1. The number of benzene rings is 2. The molecular formula is C16H11ClF3N3O2S. The number of aromatic nitrogens is 2. The highest BCUT2D eigenvalue weighted by molar-refractivity contribution is 7.92. The lowest BCUT2D eigenvalue weighted by atomic mass is 10.2. The van der Waals surface area contributed by atoms with Gasteiger partial charge < -0.3 is 0 Å². The van der Waals surface area contributed by atoms with Crippen LogP contribution in [0.25, 0.3) is 0 Å². The summed E-state index contributed by atoms with van der Waals surface area (Å²) in [5, 5.41) is 4.20. The normalized spacial score (nSPS) is 11.5. The first-order valence-corrected chi connectivity index (χ1v) is 9.05. The fourth-order valence-electron chi connectivity index (χ4n) is 2.19. The van der Waals surface area contributed by atoms with E-state index < -0.39 is 32.4 Å². The van der Waals surface area contributed by atoms with Crippen molar-refractivity contribution in [1.82, 2.24) is 9.78 Å². The second-order valence-electron chi connectivity index (χ2n) is 5.34. The minimum Gasteiger partial charge on any atom is -0.276 e. The van der Waals surface area contributed by atoms with Crippen LogP contribution >= 0.6 is 11.6 Å². The number of halogens is 4. The Morgan fingerprint density at radius 3 is 2.54 bits per heavy atom. The van der Waals surface area contributed by atoms with Crippen molar-refractivity contribution in [1.29, 1.82) is 0 Å². The van der Waals surface area contributed by atoms with Crippen LogP contribution in [0.3, 0.4) is 0 Å². The summed E-state index contributed by atoms with van der Waals surface area (Å²) < 4.78 is 67.3. The molecule has 1 heterocycles. The van der Waals surface area contributed by atoms with Crippen LogP contribution in [-0.2, 0) is 16.6 Å². The van der Waals surface area contributed by atoms with Gasteiger partial charge in [0.05, 0.1) is 23.3 Å². The lowest BCUT2D eigenvalue weighted by molar-refractivity contribution is 0.504. The van der Waals surface area contributed by atoms with E-state index in [9.17, 15) is 21.6 Å². The first-order chi connectivity index (χ1) is 12.2. The van der Waals surface area contributed by atoms with Gasteiger partial charge in [0, 0.05) is 11.2 Å². The van der Waals surface area contributed by atoms with Crippen molar-refractivity contribution < 1.29 is 21.6 Å². The van der Waals surface area contributed by atoms with Crippen LogP contribution in [0.1, 0.15) is 5.56 Å². The fourth-order valence-corrected chi connectivity index (χ4v) is 3.45. The molecule has 136 valence electrons. The van der Waals surface area contributed by atoms with E-state index in [0.717, 1.165) is 18.2 Å². The van der Waals surface area contributed by atoms with Crippen LogP contribution in [0.2, 0.25) is 5.02 Å². The molecule has 3 aromatic rings. The minimum atomic E-state index is -4.11. The molecule has 10 heteroatoms. The molecule has 0 saturated carbocycles. The van der Waals surface area contributed by atoms with Crippen molar-refractivity contribution >= 4 is 27.3 Å². The van der Waals surface area contributed by atoms with Gasteiger partial charge in [-0.25, -0.2) is 21.6 Å². The predicted octanol–water partition coefficient (Wildman–Crippen LogP) is 3.80. The third kappa shape index (κ3) is 4.00. The minimum absolute atomic E-state index is 0.118. The van der Waals surface area contributed by atoms with Crippen LogP contribution in [0.5, 0.6) is 0 Å². The van der Waals surface area contributed by atoms with Gasteiger partial charge in [0.15, 0.2) is 11.6 Å². The number of nitrogens with one attached hydrogen (secondary N) is 1. The van der Waals surface area contributed by atoms with Crippen LogP contribution in [-0.4, -0.2) is 18.2 Å². The van der Waals surface area contributed by atoms with Crippen LogP contribution < -0.4 is 4.72 Å². The molecule has 0 aliphatic heterocycles. The van der Waals surface area contributed by atoms with Crippen LogP contribution in [0.15, 0.2) is 53.7 Å². The molecule has 2 aromatic carbocycles. The van der Waals surface area contributed by atoms with E-state index in [1.54, 1.807) is 0 Å². The Morgan fingerprint density at radius 2 is 1.85 bits per heavy atom. The lowest BCUT2D eigenvalue weighted by Crippen LogP contribution is -2.13. The maximum Gasteiger partial charge on any atom is 0.262 e. The molecule has 0 amide bonds. The summed E-state index contributed by atoms with van der Waals surface area (Å²) in [6.45, 7) is 0.187. The molecule has 0 radical (unpaired) electrons. The number of sulfonamides is 1. The first-order valence-electron chi connectivity index (χ1n) is 7.19. The quantitative estimate of drug-likeness (QED) is 0.707. The molecule has 0 fully saturated rings. The number of hydrogen-bond acceptors (Lipinski definition) is 3. The first kappa shape index (κ1) is 18.3. The smallest absolute Gasteiger partial charge is 0.262 e. The summed E-state index contributed by atoms with van der Waals surface area (Å²) in [7, 11) is -4.11. The van der Waals surface area contributed by atoms with E-state index in [2.05, 4.69) is 9.82 Å². The van der Waals surface area contributed by atoms with Gasteiger partial charge >= 0.3 is 0 Å². The molecular weight excluding hydrogens is 391 g/mol. The average molecular weight is 402 g/mol. The molecule has 0 aliphatic rings. The second-order valence-corrected chi connectivity index (χ2v) is 7.43. The van der Waals surface area contributed by atoms with E-state index >= 15 is 0 Å².